The van der Waals surface area contributed by atoms with Crippen molar-refractivity contribution in [2.45, 2.75) is 58.8 Å². The predicted octanol–water partition coefficient (Wildman–Crippen LogP) is 3.84. The summed E-state index contributed by atoms with van der Waals surface area (Å²) in [6.45, 7) is 5.91. The van der Waals surface area contributed by atoms with Gasteiger partial charge in [0.15, 0.2) is 0 Å². The fraction of sp³-hybridized carbons (Fsp3) is 1.00. The largest absolute Gasteiger partial charge is 0.319 e. The highest BCUT2D eigenvalue weighted by atomic mass is 14.8. The maximum Gasteiger partial charge on any atom is -0.00209 e. The summed E-state index contributed by atoms with van der Waals surface area (Å²) in [5.74, 6) is 3.00. The lowest BCUT2D eigenvalue weighted by atomic mass is 9.71. The molecule has 1 nitrogen and oxygen atoms in total. The normalized spacial score (nSPS) is 31.8. The average molecular weight is 211 g/mol. The summed E-state index contributed by atoms with van der Waals surface area (Å²) in [6, 6.07) is 0. The molecule has 1 aliphatic rings. The smallest absolute Gasteiger partial charge is 0.00209 e. The molecule has 0 aromatic heterocycles. The summed E-state index contributed by atoms with van der Waals surface area (Å²) in [5.41, 5.74) is 0. The van der Waals surface area contributed by atoms with Gasteiger partial charge < -0.3 is 5.32 Å². The third kappa shape index (κ3) is 4.14. The van der Waals surface area contributed by atoms with Gasteiger partial charge in [0.2, 0.25) is 0 Å². The van der Waals surface area contributed by atoms with Crippen LogP contribution in [0.15, 0.2) is 0 Å². The standard InChI is InChI=1S/C14H29N/c1-4-6-7-13-10-12(5-2)8-9-14(13)11-15-3/h12-15H,4-11H2,1-3H3. The molecule has 0 amide bonds. The summed E-state index contributed by atoms with van der Waals surface area (Å²) >= 11 is 0. The van der Waals surface area contributed by atoms with E-state index in [-0.39, 0.29) is 0 Å². The Morgan fingerprint density at radius 1 is 1.13 bits per heavy atom. The van der Waals surface area contributed by atoms with E-state index in [0.717, 1.165) is 17.8 Å². The van der Waals surface area contributed by atoms with Crippen molar-refractivity contribution in [2.24, 2.45) is 17.8 Å². The van der Waals surface area contributed by atoms with Crippen molar-refractivity contribution in [3.05, 3.63) is 0 Å². The third-order valence-electron chi connectivity index (χ3n) is 4.22. The van der Waals surface area contributed by atoms with Crippen LogP contribution in [0.25, 0.3) is 0 Å². The Kier molecular flexibility index (Phi) is 6.31. The summed E-state index contributed by atoms with van der Waals surface area (Å²) in [4.78, 5) is 0. The van der Waals surface area contributed by atoms with Gasteiger partial charge in [-0.05, 0) is 44.2 Å². The zero-order valence-corrected chi connectivity index (χ0v) is 10.9. The maximum absolute atomic E-state index is 3.38. The Labute approximate surface area is 96.0 Å². The minimum absolute atomic E-state index is 0.962. The SMILES string of the molecule is CCCCC1CC(CC)CCC1CNC. The molecule has 1 N–H and O–H groups in total. The molecular formula is C14H29N. The summed E-state index contributed by atoms with van der Waals surface area (Å²) in [6.07, 6.45) is 10.1. The van der Waals surface area contributed by atoms with Gasteiger partial charge in [0.05, 0.1) is 0 Å². The van der Waals surface area contributed by atoms with E-state index in [1.165, 1.54) is 51.5 Å². The monoisotopic (exact) mass is 211 g/mol. The molecule has 1 saturated carbocycles. The lowest BCUT2D eigenvalue weighted by Gasteiger charge is -2.36. The molecule has 1 fully saturated rings. The third-order valence-corrected chi connectivity index (χ3v) is 4.22. The molecule has 0 saturated heterocycles. The van der Waals surface area contributed by atoms with Crippen LogP contribution < -0.4 is 5.32 Å². The van der Waals surface area contributed by atoms with Gasteiger partial charge in [-0.25, -0.2) is 0 Å². The minimum Gasteiger partial charge on any atom is -0.319 e. The minimum atomic E-state index is 0.962. The van der Waals surface area contributed by atoms with Gasteiger partial charge in [-0.1, -0.05) is 46.0 Å². The van der Waals surface area contributed by atoms with Crippen LogP contribution in [0.2, 0.25) is 0 Å². The average Bonchev–Trinajstić information content (AvgIpc) is 2.28. The predicted molar refractivity (Wildman–Crippen MR) is 68.1 cm³/mol. The zero-order chi connectivity index (χ0) is 11.1. The highest BCUT2D eigenvalue weighted by molar-refractivity contribution is 4.80. The molecule has 15 heavy (non-hydrogen) atoms. The molecular weight excluding hydrogens is 182 g/mol. The lowest BCUT2D eigenvalue weighted by Crippen LogP contribution is -2.31. The summed E-state index contributed by atoms with van der Waals surface area (Å²) in [7, 11) is 2.10. The van der Waals surface area contributed by atoms with E-state index >= 15 is 0 Å². The Balaban J connectivity index is 2.40. The summed E-state index contributed by atoms with van der Waals surface area (Å²) in [5, 5.41) is 3.38. The first kappa shape index (κ1) is 13.0. The summed E-state index contributed by atoms with van der Waals surface area (Å²) < 4.78 is 0. The molecule has 3 atom stereocenters. The molecule has 3 unspecified atom stereocenters. The van der Waals surface area contributed by atoms with Crippen LogP contribution in [0, 0.1) is 17.8 Å². The molecule has 0 bridgehead atoms. The second-order valence-electron chi connectivity index (χ2n) is 5.31. The van der Waals surface area contributed by atoms with E-state index in [1.54, 1.807) is 0 Å². The zero-order valence-electron chi connectivity index (χ0n) is 10.9. The molecule has 0 spiro atoms. The molecule has 0 aromatic rings. The second kappa shape index (κ2) is 7.27. The van der Waals surface area contributed by atoms with E-state index in [1.807, 2.05) is 0 Å². The van der Waals surface area contributed by atoms with Crippen molar-refractivity contribution in [2.75, 3.05) is 13.6 Å². The first-order valence-corrected chi connectivity index (χ1v) is 6.96. The molecule has 0 heterocycles. The Bertz CT molecular complexity index is 155. The Morgan fingerprint density at radius 3 is 2.53 bits per heavy atom. The van der Waals surface area contributed by atoms with Gasteiger partial charge in [-0.15, -0.1) is 0 Å². The van der Waals surface area contributed by atoms with Gasteiger partial charge in [-0.2, -0.15) is 0 Å². The molecule has 90 valence electrons. The molecule has 0 aliphatic heterocycles. The molecule has 1 rings (SSSR count). The van der Waals surface area contributed by atoms with E-state index in [2.05, 4.69) is 26.2 Å². The van der Waals surface area contributed by atoms with E-state index < -0.39 is 0 Å². The van der Waals surface area contributed by atoms with Gasteiger partial charge in [0.25, 0.3) is 0 Å². The van der Waals surface area contributed by atoms with Crippen molar-refractivity contribution in [1.29, 1.82) is 0 Å². The second-order valence-corrected chi connectivity index (χ2v) is 5.31. The van der Waals surface area contributed by atoms with Gasteiger partial charge in [0, 0.05) is 0 Å². The fourth-order valence-electron chi connectivity index (χ4n) is 3.15. The first-order chi connectivity index (χ1) is 7.31. The van der Waals surface area contributed by atoms with Crippen molar-refractivity contribution in [3.63, 3.8) is 0 Å². The number of hydrogen-bond acceptors (Lipinski definition) is 1. The van der Waals surface area contributed by atoms with E-state index in [4.69, 9.17) is 0 Å². The maximum atomic E-state index is 3.38. The van der Waals surface area contributed by atoms with Crippen LogP contribution in [0.4, 0.5) is 0 Å². The van der Waals surface area contributed by atoms with E-state index in [9.17, 15) is 0 Å². The molecule has 0 aromatic carbocycles. The molecule has 0 radical (unpaired) electrons. The van der Waals surface area contributed by atoms with Crippen LogP contribution in [0.3, 0.4) is 0 Å². The fourth-order valence-corrected chi connectivity index (χ4v) is 3.15. The first-order valence-electron chi connectivity index (χ1n) is 6.96. The quantitative estimate of drug-likeness (QED) is 0.704. The van der Waals surface area contributed by atoms with Crippen molar-refractivity contribution in [3.8, 4) is 0 Å². The highest BCUT2D eigenvalue weighted by Gasteiger charge is 2.28. The Hall–Kier alpha value is -0.0400. The lowest BCUT2D eigenvalue weighted by molar-refractivity contribution is 0.162. The number of unbranched alkanes of at least 4 members (excludes halogenated alkanes) is 1. The highest BCUT2D eigenvalue weighted by Crippen LogP contribution is 2.37. The number of hydrogen-bond donors (Lipinski definition) is 1. The van der Waals surface area contributed by atoms with Crippen LogP contribution in [-0.4, -0.2) is 13.6 Å². The van der Waals surface area contributed by atoms with Crippen LogP contribution in [0.1, 0.15) is 58.8 Å². The van der Waals surface area contributed by atoms with Crippen molar-refractivity contribution >= 4 is 0 Å². The number of rotatable bonds is 6. The van der Waals surface area contributed by atoms with E-state index in [0.29, 0.717) is 0 Å². The van der Waals surface area contributed by atoms with Crippen LogP contribution in [0.5, 0.6) is 0 Å². The van der Waals surface area contributed by atoms with Crippen LogP contribution in [-0.2, 0) is 0 Å². The van der Waals surface area contributed by atoms with Crippen molar-refractivity contribution < 1.29 is 0 Å². The van der Waals surface area contributed by atoms with Crippen LogP contribution >= 0.6 is 0 Å². The van der Waals surface area contributed by atoms with Crippen molar-refractivity contribution in [1.82, 2.24) is 5.32 Å². The van der Waals surface area contributed by atoms with Gasteiger partial charge >= 0.3 is 0 Å². The van der Waals surface area contributed by atoms with Gasteiger partial charge in [-0.3, -0.25) is 0 Å². The molecule has 1 aliphatic carbocycles. The topological polar surface area (TPSA) is 12.0 Å². The Morgan fingerprint density at radius 2 is 1.93 bits per heavy atom. The number of nitrogens with one attached hydrogen (secondary N) is 1. The van der Waals surface area contributed by atoms with Gasteiger partial charge in [0.1, 0.15) is 0 Å². The molecule has 1 heteroatoms.